The molecule has 13 heteroatoms. The van der Waals surface area contributed by atoms with Crippen LogP contribution in [0.15, 0.2) is 35.5 Å². The zero-order chi connectivity index (χ0) is 32.2. The fourth-order valence-electron chi connectivity index (χ4n) is 5.88. The minimum Gasteiger partial charge on any atom is -0.463 e. The summed E-state index contributed by atoms with van der Waals surface area (Å²) in [5, 5.41) is 11.9. The zero-order valence-electron chi connectivity index (χ0n) is 25.3. The van der Waals surface area contributed by atoms with Crippen LogP contribution in [0, 0.1) is 11.3 Å². The number of benzene rings is 1. The minimum atomic E-state index is -1.32. The summed E-state index contributed by atoms with van der Waals surface area (Å²) >= 11 is 1.03. The number of carbonyl (C=O) groups excluding carboxylic acids is 4. The highest BCUT2D eigenvalue weighted by molar-refractivity contribution is 7.99. The van der Waals surface area contributed by atoms with E-state index in [0.29, 0.717) is 17.0 Å². The lowest BCUT2D eigenvalue weighted by molar-refractivity contribution is -0.237. The van der Waals surface area contributed by atoms with Gasteiger partial charge in [0.1, 0.15) is 23.8 Å². The lowest BCUT2D eigenvalue weighted by Gasteiger charge is -2.44. The number of fused-ring (bicyclic) bond motifs is 2. The van der Waals surface area contributed by atoms with E-state index in [4.69, 9.17) is 28.7 Å². The number of rotatable bonds is 8. The van der Waals surface area contributed by atoms with Crippen molar-refractivity contribution in [1.82, 2.24) is 9.97 Å². The number of aromatic amines is 1. The Labute approximate surface area is 263 Å². The number of para-hydroxylation sites is 1. The average Bonchev–Trinajstić information content (AvgIpc) is 3.41. The Bertz CT molecular complexity index is 1680. The van der Waals surface area contributed by atoms with Gasteiger partial charge in [-0.05, 0) is 37.3 Å². The molecule has 45 heavy (non-hydrogen) atoms. The number of aryl methyl sites for hydroxylation is 1. The third kappa shape index (κ3) is 6.97. The zero-order valence-corrected chi connectivity index (χ0v) is 26.1. The standard InChI is InChI=1S/C32H33N3O9S/c1-16(36)40-15-26-28(41-17(2)37)29(42-18(3)38)30(43-19(4)39)32(44-26)45-31-22(13-33)27(21-10-6-8-12-25(21)35-31)23-14-34-24-11-7-5-9-20(23)24/h5,7,9,11,14,26,28-30,32,34H,6,8,10,12,15H2,1-4H3/t26-,28+,29+,30-,32+/m1/s1. The molecule has 236 valence electrons. The molecule has 1 aromatic carbocycles. The van der Waals surface area contributed by atoms with E-state index < -0.39 is 53.7 Å². The lowest BCUT2D eigenvalue weighted by Crippen LogP contribution is -2.61. The SMILES string of the molecule is CC(=O)OC[C@H]1O[C@@H](Sc2nc3c(c(-c4c[nH]c5ccccc45)c2C#N)CCCC3)[C@H](OC(C)=O)[C@@H](OC(C)=O)[C@H]1OC(C)=O. The Morgan fingerprint density at radius 3 is 2.31 bits per heavy atom. The topological polar surface area (TPSA) is 167 Å². The number of hydrogen-bond acceptors (Lipinski definition) is 12. The molecule has 3 heterocycles. The van der Waals surface area contributed by atoms with Crippen LogP contribution in [0.2, 0.25) is 0 Å². The monoisotopic (exact) mass is 635 g/mol. The second kappa shape index (κ2) is 13.7. The van der Waals surface area contributed by atoms with E-state index in [1.165, 1.54) is 20.8 Å². The number of ether oxygens (including phenoxy) is 5. The molecular weight excluding hydrogens is 602 g/mol. The highest BCUT2D eigenvalue weighted by atomic mass is 32.2. The van der Waals surface area contributed by atoms with E-state index in [1.54, 1.807) is 0 Å². The summed E-state index contributed by atoms with van der Waals surface area (Å²) in [4.78, 5) is 56.7. The second-order valence-electron chi connectivity index (χ2n) is 10.8. The number of hydrogen-bond donors (Lipinski definition) is 1. The first kappa shape index (κ1) is 32.0. The Morgan fingerprint density at radius 2 is 1.62 bits per heavy atom. The van der Waals surface area contributed by atoms with Gasteiger partial charge in [-0.15, -0.1) is 0 Å². The molecule has 1 saturated heterocycles. The summed E-state index contributed by atoms with van der Waals surface area (Å²) < 4.78 is 28.2. The van der Waals surface area contributed by atoms with Crippen molar-refractivity contribution in [1.29, 1.82) is 5.26 Å². The molecule has 1 aliphatic carbocycles. The number of esters is 4. The predicted molar refractivity (Wildman–Crippen MR) is 161 cm³/mol. The van der Waals surface area contributed by atoms with E-state index in [1.807, 2.05) is 30.5 Å². The van der Waals surface area contributed by atoms with Crippen molar-refractivity contribution >= 4 is 46.5 Å². The van der Waals surface area contributed by atoms with Gasteiger partial charge in [-0.25, -0.2) is 4.98 Å². The fourth-order valence-corrected chi connectivity index (χ4v) is 7.07. The van der Waals surface area contributed by atoms with Gasteiger partial charge in [0.25, 0.3) is 0 Å². The number of pyridine rings is 1. The van der Waals surface area contributed by atoms with Crippen molar-refractivity contribution in [3.63, 3.8) is 0 Å². The van der Waals surface area contributed by atoms with E-state index >= 15 is 0 Å². The molecule has 1 N–H and O–H groups in total. The summed E-state index contributed by atoms with van der Waals surface area (Å²) in [6.45, 7) is 4.38. The maximum atomic E-state index is 12.3. The Hall–Kier alpha value is -4.41. The van der Waals surface area contributed by atoms with Crippen LogP contribution in [0.25, 0.3) is 22.0 Å². The van der Waals surface area contributed by atoms with Gasteiger partial charge < -0.3 is 28.7 Å². The van der Waals surface area contributed by atoms with Gasteiger partial charge in [-0.1, -0.05) is 30.0 Å². The number of nitriles is 1. The maximum Gasteiger partial charge on any atom is 0.303 e. The van der Waals surface area contributed by atoms with Crippen molar-refractivity contribution in [3.8, 4) is 17.2 Å². The van der Waals surface area contributed by atoms with Crippen LogP contribution in [-0.4, -0.2) is 70.3 Å². The molecule has 5 atom stereocenters. The van der Waals surface area contributed by atoms with Gasteiger partial charge in [-0.2, -0.15) is 5.26 Å². The van der Waals surface area contributed by atoms with Crippen LogP contribution in [0.3, 0.4) is 0 Å². The summed E-state index contributed by atoms with van der Waals surface area (Å²) in [5.41, 5.74) is 3.63. The molecule has 0 amide bonds. The predicted octanol–water partition coefficient (Wildman–Crippen LogP) is 4.16. The molecule has 0 bridgehead atoms. The summed E-state index contributed by atoms with van der Waals surface area (Å²) in [7, 11) is 0. The Morgan fingerprint density at radius 1 is 0.956 bits per heavy atom. The van der Waals surface area contributed by atoms with Crippen LogP contribution >= 0.6 is 11.8 Å². The van der Waals surface area contributed by atoms with Gasteiger partial charge in [0.15, 0.2) is 23.7 Å². The van der Waals surface area contributed by atoms with Crippen LogP contribution in [-0.2, 0) is 55.7 Å². The first-order valence-corrected chi connectivity index (χ1v) is 15.4. The van der Waals surface area contributed by atoms with Crippen molar-refractivity contribution in [2.45, 2.75) is 88.3 Å². The van der Waals surface area contributed by atoms with E-state index in [9.17, 15) is 24.4 Å². The van der Waals surface area contributed by atoms with Gasteiger partial charge in [0.05, 0.1) is 5.56 Å². The highest BCUT2D eigenvalue weighted by Gasteiger charge is 2.53. The summed E-state index contributed by atoms with van der Waals surface area (Å²) in [6.07, 6.45) is 0.261. The largest absolute Gasteiger partial charge is 0.463 e. The first-order chi connectivity index (χ1) is 21.6. The van der Waals surface area contributed by atoms with Gasteiger partial charge in [-0.3, -0.25) is 19.2 Å². The molecule has 3 aromatic rings. The Kier molecular flexibility index (Phi) is 9.74. The molecular formula is C32H33N3O9S. The third-order valence-corrected chi connectivity index (χ3v) is 8.72. The molecule has 5 rings (SSSR count). The van der Waals surface area contributed by atoms with E-state index in [0.717, 1.165) is 71.2 Å². The molecule has 2 aromatic heterocycles. The van der Waals surface area contributed by atoms with Crippen molar-refractivity contribution in [3.05, 3.63) is 47.3 Å². The van der Waals surface area contributed by atoms with Crippen LogP contribution in [0.1, 0.15) is 57.4 Å². The number of thioether (sulfide) groups is 1. The molecule has 1 fully saturated rings. The van der Waals surface area contributed by atoms with E-state index in [-0.39, 0.29) is 6.61 Å². The smallest absolute Gasteiger partial charge is 0.303 e. The van der Waals surface area contributed by atoms with Crippen LogP contribution in [0.5, 0.6) is 0 Å². The van der Waals surface area contributed by atoms with Gasteiger partial charge in [0, 0.05) is 61.6 Å². The van der Waals surface area contributed by atoms with Crippen LogP contribution < -0.4 is 0 Å². The number of carbonyl (C=O) groups is 4. The van der Waals surface area contributed by atoms with Crippen molar-refractivity contribution in [2.24, 2.45) is 0 Å². The first-order valence-electron chi connectivity index (χ1n) is 14.6. The summed E-state index contributed by atoms with van der Waals surface area (Å²) in [6, 6.07) is 10.2. The number of aromatic nitrogens is 2. The average molecular weight is 636 g/mol. The molecule has 0 saturated carbocycles. The lowest BCUT2D eigenvalue weighted by atomic mass is 9.87. The van der Waals surface area contributed by atoms with Crippen molar-refractivity contribution < 1.29 is 42.9 Å². The van der Waals surface area contributed by atoms with Gasteiger partial charge >= 0.3 is 23.9 Å². The maximum absolute atomic E-state index is 12.3. The van der Waals surface area contributed by atoms with Gasteiger partial charge in [0.2, 0.25) is 0 Å². The number of nitrogens with zero attached hydrogens (tertiary/aromatic N) is 2. The highest BCUT2D eigenvalue weighted by Crippen LogP contribution is 2.44. The number of H-pyrrole nitrogens is 1. The normalized spacial score (nSPS) is 22.5. The van der Waals surface area contributed by atoms with Crippen LogP contribution in [0.4, 0.5) is 0 Å². The quantitative estimate of drug-likeness (QED) is 0.278. The second-order valence-corrected chi connectivity index (χ2v) is 11.9. The minimum absolute atomic E-state index is 0.318. The molecule has 12 nitrogen and oxygen atoms in total. The third-order valence-electron chi connectivity index (χ3n) is 7.59. The molecule has 1 aliphatic heterocycles. The molecule has 0 spiro atoms. The fraction of sp³-hybridized carbons (Fsp3) is 0.438. The molecule has 0 unspecified atom stereocenters. The Balaban J connectivity index is 1.64. The molecule has 0 radical (unpaired) electrons. The number of nitrogens with one attached hydrogen (secondary N) is 1. The summed E-state index contributed by atoms with van der Waals surface area (Å²) in [5.74, 6) is -2.75. The molecule has 2 aliphatic rings. The van der Waals surface area contributed by atoms with E-state index in [2.05, 4.69) is 11.1 Å². The van der Waals surface area contributed by atoms with Crippen molar-refractivity contribution in [2.75, 3.05) is 6.61 Å².